The fourth-order valence-electron chi connectivity index (χ4n) is 2.61. The highest BCUT2D eigenvalue weighted by atomic mass is 16.4. The minimum Gasteiger partial charge on any atom is -0.476 e. The van der Waals surface area contributed by atoms with Gasteiger partial charge in [-0.1, -0.05) is 18.1 Å². The Bertz CT molecular complexity index is 417. The first-order valence-electron chi connectivity index (χ1n) is 5.95. The van der Waals surface area contributed by atoms with Gasteiger partial charge in [0, 0.05) is 5.92 Å². The van der Waals surface area contributed by atoms with Crippen molar-refractivity contribution in [3.05, 3.63) is 11.4 Å². The molecule has 5 nitrogen and oxygen atoms in total. The Morgan fingerprint density at radius 2 is 1.94 bits per heavy atom. The highest BCUT2D eigenvalue weighted by Gasteiger charge is 2.36. The zero-order valence-electron chi connectivity index (χ0n) is 9.09. The normalized spacial score (nSPS) is 21.5. The molecule has 1 aromatic rings. The molecule has 0 unspecified atom stereocenters. The van der Waals surface area contributed by atoms with E-state index in [2.05, 4.69) is 10.3 Å². The van der Waals surface area contributed by atoms with Crippen LogP contribution in [-0.4, -0.2) is 26.1 Å². The number of aromatic nitrogens is 3. The molecular weight excluding hydrogens is 206 g/mol. The second-order valence-corrected chi connectivity index (χ2v) is 4.79. The van der Waals surface area contributed by atoms with Crippen LogP contribution in [0, 0.1) is 0 Å². The fraction of sp³-hybridized carbons (Fsp3) is 0.727. The maximum atomic E-state index is 11.1. The summed E-state index contributed by atoms with van der Waals surface area (Å²) in [5.41, 5.74) is 1.05. The molecule has 0 saturated heterocycles. The van der Waals surface area contributed by atoms with Gasteiger partial charge in [0.25, 0.3) is 0 Å². The average Bonchev–Trinajstić information content (AvgIpc) is 2.82. The Morgan fingerprint density at radius 1 is 1.25 bits per heavy atom. The topological polar surface area (TPSA) is 68.0 Å². The first-order chi connectivity index (χ1) is 7.77. The van der Waals surface area contributed by atoms with Crippen molar-refractivity contribution in [1.82, 2.24) is 15.0 Å². The van der Waals surface area contributed by atoms with Crippen molar-refractivity contribution in [2.75, 3.05) is 0 Å². The minimum atomic E-state index is -0.939. The summed E-state index contributed by atoms with van der Waals surface area (Å²) in [7, 11) is 0. The van der Waals surface area contributed by atoms with Crippen LogP contribution in [0.25, 0.3) is 0 Å². The molecule has 0 aliphatic heterocycles. The second-order valence-electron chi connectivity index (χ2n) is 4.79. The largest absolute Gasteiger partial charge is 0.476 e. The third-order valence-corrected chi connectivity index (χ3v) is 3.57. The van der Waals surface area contributed by atoms with Gasteiger partial charge < -0.3 is 5.11 Å². The molecule has 1 N–H and O–H groups in total. The zero-order valence-corrected chi connectivity index (χ0v) is 9.09. The molecular formula is C11H15N3O2. The van der Waals surface area contributed by atoms with Crippen LogP contribution in [0.3, 0.4) is 0 Å². The number of hydrogen-bond acceptors (Lipinski definition) is 3. The summed E-state index contributed by atoms with van der Waals surface area (Å²) in [4.78, 5) is 11.1. The molecule has 16 heavy (non-hydrogen) atoms. The van der Waals surface area contributed by atoms with Gasteiger partial charge in [-0.15, -0.1) is 5.10 Å². The van der Waals surface area contributed by atoms with Crippen LogP contribution in [0.5, 0.6) is 0 Å². The van der Waals surface area contributed by atoms with E-state index < -0.39 is 5.97 Å². The Kier molecular flexibility index (Phi) is 2.19. The highest BCUT2D eigenvalue weighted by Crippen LogP contribution is 2.43. The summed E-state index contributed by atoms with van der Waals surface area (Å²) < 4.78 is 1.90. The first-order valence-corrected chi connectivity index (χ1v) is 5.95. The van der Waals surface area contributed by atoms with E-state index in [1.165, 1.54) is 12.8 Å². The Hall–Kier alpha value is -1.39. The van der Waals surface area contributed by atoms with E-state index in [4.69, 9.17) is 5.11 Å². The van der Waals surface area contributed by atoms with E-state index in [1.807, 2.05) is 4.68 Å². The van der Waals surface area contributed by atoms with Crippen molar-refractivity contribution in [3.8, 4) is 0 Å². The molecule has 2 aliphatic rings. The van der Waals surface area contributed by atoms with Gasteiger partial charge in [0.15, 0.2) is 5.69 Å². The zero-order chi connectivity index (χ0) is 11.1. The van der Waals surface area contributed by atoms with Crippen LogP contribution < -0.4 is 0 Å². The van der Waals surface area contributed by atoms with Gasteiger partial charge in [0.1, 0.15) is 0 Å². The van der Waals surface area contributed by atoms with Crippen molar-refractivity contribution in [3.63, 3.8) is 0 Å². The average molecular weight is 221 g/mol. The van der Waals surface area contributed by atoms with Crippen molar-refractivity contribution in [1.29, 1.82) is 0 Å². The summed E-state index contributed by atoms with van der Waals surface area (Å²) in [6.45, 7) is 0. The minimum absolute atomic E-state index is 0.175. The number of nitrogens with zero attached hydrogens (tertiary/aromatic N) is 3. The van der Waals surface area contributed by atoms with Crippen LogP contribution in [0.1, 0.15) is 66.7 Å². The van der Waals surface area contributed by atoms with Gasteiger partial charge >= 0.3 is 5.97 Å². The van der Waals surface area contributed by atoms with E-state index in [0.717, 1.165) is 31.4 Å². The molecule has 2 saturated carbocycles. The molecule has 0 spiro atoms. The number of carboxylic acids is 1. The summed E-state index contributed by atoms with van der Waals surface area (Å²) >= 11 is 0. The summed E-state index contributed by atoms with van der Waals surface area (Å²) in [5.74, 6) is -0.548. The smallest absolute Gasteiger partial charge is 0.358 e. The van der Waals surface area contributed by atoms with Gasteiger partial charge in [-0.05, 0) is 25.7 Å². The van der Waals surface area contributed by atoms with E-state index in [0.29, 0.717) is 12.0 Å². The number of aromatic carboxylic acids is 1. The molecule has 0 amide bonds. The molecule has 0 bridgehead atoms. The number of rotatable bonds is 3. The molecule has 5 heteroatoms. The van der Waals surface area contributed by atoms with E-state index in [1.54, 1.807) is 0 Å². The van der Waals surface area contributed by atoms with Crippen LogP contribution >= 0.6 is 0 Å². The lowest BCUT2D eigenvalue weighted by Crippen LogP contribution is -2.11. The standard InChI is InChI=1S/C11H15N3O2/c15-11(16)9-10(7-5-6-7)14(13-12-9)8-3-1-2-4-8/h7-8H,1-6H2,(H,15,16). The predicted molar refractivity (Wildman–Crippen MR) is 56.5 cm³/mol. The Morgan fingerprint density at radius 3 is 2.50 bits per heavy atom. The van der Waals surface area contributed by atoms with Gasteiger partial charge in [0.05, 0.1) is 11.7 Å². The number of hydrogen-bond donors (Lipinski definition) is 1. The van der Waals surface area contributed by atoms with E-state index in [9.17, 15) is 4.79 Å². The number of carboxylic acid groups (broad SMARTS) is 1. The maximum Gasteiger partial charge on any atom is 0.358 e. The van der Waals surface area contributed by atoms with Gasteiger partial charge in [-0.3, -0.25) is 0 Å². The van der Waals surface area contributed by atoms with Crippen molar-refractivity contribution in [2.45, 2.75) is 50.5 Å². The quantitative estimate of drug-likeness (QED) is 0.847. The van der Waals surface area contributed by atoms with Crippen molar-refractivity contribution < 1.29 is 9.90 Å². The van der Waals surface area contributed by atoms with Crippen LogP contribution in [-0.2, 0) is 0 Å². The summed E-state index contributed by atoms with van der Waals surface area (Å²) in [6.07, 6.45) is 6.83. The summed E-state index contributed by atoms with van der Waals surface area (Å²) in [5, 5.41) is 17.0. The summed E-state index contributed by atoms with van der Waals surface area (Å²) in [6, 6.07) is 0.385. The molecule has 2 aliphatic carbocycles. The lowest BCUT2D eigenvalue weighted by molar-refractivity contribution is 0.0689. The van der Waals surface area contributed by atoms with Crippen molar-refractivity contribution >= 4 is 5.97 Å². The third kappa shape index (κ3) is 1.50. The lowest BCUT2D eigenvalue weighted by atomic mass is 10.2. The van der Waals surface area contributed by atoms with Crippen LogP contribution in [0.15, 0.2) is 0 Å². The highest BCUT2D eigenvalue weighted by molar-refractivity contribution is 5.86. The molecule has 0 atom stereocenters. The predicted octanol–water partition coefficient (Wildman–Crippen LogP) is 1.97. The SMILES string of the molecule is O=C(O)c1nnn(C2CCCC2)c1C1CC1. The maximum absolute atomic E-state index is 11.1. The number of carbonyl (C=O) groups is 1. The molecule has 86 valence electrons. The monoisotopic (exact) mass is 221 g/mol. The lowest BCUT2D eigenvalue weighted by Gasteiger charge is -2.12. The van der Waals surface area contributed by atoms with Gasteiger partial charge in [0.2, 0.25) is 0 Å². The van der Waals surface area contributed by atoms with E-state index >= 15 is 0 Å². The molecule has 1 aromatic heterocycles. The van der Waals surface area contributed by atoms with Gasteiger partial charge in [-0.25, -0.2) is 9.48 Å². The second kappa shape index (κ2) is 3.57. The molecule has 1 heterocycles. The molecule has 3 rings (SSSR count). The fourth-order valence-corrected chi connectivity index (χ4v) is 2.61. The van der Waals surface area contributed by atoms with Gasteiger partial charge in [-0.2, -0.15) is 0 Å². The Labute approximate surface area is 93.5 Å². The molecule has 0 radical (unpaired) electrons. The molecule has 0 aromatic carbocycles. The van der Waals surface area contributed by atoms with Crippen molar-refractivity contribution in [2.24, 2.45) is 0 Å². The first kappa shape index (κ1) is 9.81. The van der Waals surface area contributed by atoms with Crippen LogP contribution in [0.2, 0.25) is 0 Å². The molecule has 2 fully saturated rings. The van der Waals surface area contributed by atoms with Crippen LogP contribution in [0.4, 0.5) is 0 Å². The Balaban J connectivity index is 2.00. The third-order valence-electron chi connectivity index (χ3n) is 3.57. The van der Waals surface area contributed by atoms with E-state index in [-0.39, 0.29) is 5.69 Å².